The molecule has 0 aromatic heterocycles. The molecule has 0 aromatic carbocycles. The van der Waals surface area contributed by atoms with Gasteiger partial charge < -0.3 is 19.8 Å². The molecule has 0 bridgehead atoms. The number of aliphatic carboxylic acids is 2. The maximum atomic E-state index is 10.6. The van der Waals surface area contributed by atoms with Gasteiger partial charge in [0.15, 0.2) is 0 Å². The van der Waals surface area contributed by atoms with Crippen LogP contribution < -0.4 is 10.2 Å². The van der Waals surface area contributed by atoms with Crippen LogP contribution in [0, 0.1) is 10.8 Å². The van der Waals surface area contributed by atoms with Crippen LogP contribution in [-0.2, 0) is 9.59 Å². The van der Waals surface area contributed by atoms with Gasteiger partial charge in [-0.2, -0.15) is 0 Å². The molecule has 4 nitrogen and oxygen atoms in total. The second kappa shape index (κ2) is 12.7. The normalized spacial score (nSPS) is 11.0. The smallest absolute Gasteiger partial charge is 0.550 e. The SMILES string of the molecule is CCC(CC)(CC)C(=O)[O-].CCC(CC)(CC)C(=O)[O-].[Ca+2]. The van der Waals surface area contributed by atoms with Crippen molar-refractivity contribution in [2.75, 3.05) is 0 Å². The second-order valence-electron chi connectivity index (χ2n) is 5.26. The van der Waals surface area contributed by atoms with Gasteiger partial charge in [-0.1, -0.05) is 41.5 Å². The minimum absolute atomic E-state index is 0. The molecule has 0 aliphatic heterocycles. The Morgan fingerprint density at radius 3 is 0.762 bits per heavy atom. The van der Waals surface area contributed by atoms with Crippen molar-refractivity contribution in [3.8, 4) is 0 Å². The van der Waals surface area contributed by atoms with E-state index in [9.17, 15) is 19.8 Å². The Morgan fingerprint density at radius 2 is 0.762 bits per heavy atom. The summed E-state index contributed by atoms with van der Waals surface area (Å²) in [4.78, 5) is 21.2. The van der Waals surface area contributed by atoms with Crippen LogP contribution in [0.15, 0.2) is 0 Å². The number of hydrogen-bond acceptors (Lipinski definition) is 4. The molecule has 0 saturated heterocycles. The molecule has 5 heteroatoms. The molecule has 0 heterocycles. The van der Waals surface area contributed by atoms with Crippen molar-refractivity contribution < 1.29 is 19.8 Å². The monoisotopic (exact) mass is 326 g/mol. The van der Waals surface area contributed by atoms with E-state index in [0.29, 0.717) is 38.5 Å². The standard InChI is InChI=1S/2C8H16O2.Ca/c2*1-4-8(5-2,6-3)7(9)10;/h2*4-6H2,1-3H3,(H,9,10);/q;;+2/p-2. The van der Waals surface area contributed by atoms with Crippen molar-refractivity contribution in [2.24, 2.45) is 10.8 Å². The average molecular weight is 326 g/mol. The zero-order valence-electron chi connectivity index (χ0n) is 14.6. The largest absolute Gasteiger partial charge is 2.00 e. The third kappa shape index (κ3) is 7.34. The van der Waals surface area contributed by atoms with Crippen LogP contribution in [0.3, 0.4) is 0 Å². The predicted octanol–water partition coefficient (Wildman–Crippen LogP) is 1.52. The van der Waals surface area contributed by atoms with Gasteiger partial charge in [0, 0.05) is 22.8 Å². The van der Waals surface area contributed by atoms with Crippen molar-refractivity contribution in [1.29, 1.82) is 0 Å². The maximum Gasteiger partial charge on any atom is 2.00 e. The van der Waals surface area contributed by atoms with E-state index >= 15 is 0 Å². The number of carboxylic acids is 2. The minimum atomic E-state index is -0.903. The summed E-state index contributed by atoms with van der Waals surface area (Å²) in [7, 11) is 0. The molecular formula is C16H30CaO4. The van der Waals surface area contributed by atoms with Crippen molar-refractivity contribution in [3.05, 3.63) is 0 Å². The average Bonchev–Trinajstić information content (AvgIpc) is 2.44. The number of rotatable bonds is 8. The topological polar surface area (TPSA) is 80.3 Å². The Morgan fingerprint density at radius 1 is 0.619 bits per heavy atom. The third-order valence-electron chi connectivity index (χ3n) is 4.93. The first-order valence-corrected chi connectivity index (χ1v) is 7.68. The number of carboxylic acid groups (broad SMARTS) is 2. The van der Waals surface area contributed by atoms with Crippen molar-refractivity contribution in [3.63, 3.8) is 0 Å². The van der Waals surface area contributed by atoms with Crippen LogP contribution >= 0.6 is 0 Å². The maximum absolute atomic E-state index is 10.6. The quantitative estimate of drug-likeness (QED) is 0.633. The Balaban J connectivity index is -0.000000295. The van der Waals surface area contributed by atoms with E-state index in [2.05, 4.69) is 0 Å². The van der Waals surface area contributed by atoms with Crippen LogP contribution in [0.4, 0.5) is 0 Å². The van der Waals surface area contributed by atoms with Gasteiger partial charge in [0.25, 0.3) is 0 Å². The molecule has 0 rings (SSSR count). The predicted molar refractivity (Wildman–Crippen MR) is 82.4 cm³/mol. The van der Waals surface area contributed by atoms with Crippen LogP contribution in [-0.4, -0.2) is 49.7 Å². The molecule has 0 aromatic rings. The van der Waals surface area contributed by atoms with E-state index in [1.54, 1.807) is 0 Å². The van der Waals surface area contributed by atoms with Crippen molar-refractivity contribution in [1.82, 2.24) is 0 Å². The van der Waals surface area contributed by atoms with Gasteiger partial charge in [-0.25, -0.2) is 0 Å². The first-order valence-electron chi connectivity index (χ1n) is 7.68. The van der Waals surface area contributed by atoms with E-state index in [-0.39, 0.29) is 37.7 Å². The first-order chi connectivity index (χ1) is 9.25. The molecule has 0 fully saturated rings. The molecule has 0 amide bonds. The number of hydrogen-bond donors (Lipinski definition) is 0. The van der Waals surface area contributed by atoms with Gasteiger partial charge in [-0.15, -0.1) is 0 Å². The number of carbonyl (C=O) groups excluding carboxylic acids is 2. The van der Waals surface area contributed by atoms with Gasteiger partial charge in [-0.05, 0) is 38.5 Å². The van der Waals surface area contributed by atoms with Gasteiger partial charge in [0.1, 0.15) is 0 Å². The Kier molecular flexibility index (Phi) is 15.8. The fourth-order valence-electron chi connectivity index (χ4n) is 2.37. The molecule has 0 unspecified atom stereocenters. The van der Waals surface area contributed by atoms with Crippen molar-refractivity contribution >= 4 is 49.7 Å². The Hall–Kier alpha value is 0.200. The van der Waals surface area contributed by atoms with E-state index in [1.165, 1.54) is 0 Å². The fourth-order valence-corrected chi connectivity index (χ4v) is 2.37. The summed E-state index contributed by atoms with van der Waals surface area (Å²) in [6.45, 7) is 11.3. The zero-order valence-corrected chi connectivity index (χ0v) is 16.8. The molecule has 120 valence electrons. The molecule has 0 atom stereocenters. The molecule has 21 heavy (non-hydrogen) atoms. The van der Waals surface area contributed by atoms with Crippen LogP contribution in [0.25, 0.3) is 0 Å². The van der Waals surface area contributed by atoms with Gasteiger partial charge in [0.2, 0.25) is 0 Å². The Bertz CT molecular complexity index is 248. The zero-order chi connectivity index (χ0) is 16.4. The fraction of sp³-hybridized carbons (Fsp3) is 0.875. The summed E-state index contributed by atoms with van der Waals surface area (Å²) in [5.74, 6) is -1.81. The van der Waals surface area contributed by atoms with Gasteiger partial charge in [-0.3, -0.25) is 0 Å². The first kappa shape index (κ1) is 26.1. The second-order valence-corrected chi connectivity index (χ2v) is 5.26. The molecule has 0 saturated carbocycles. The van der Waals surface area contributed by atoms with E-state index in [0.717, 1.165) is 0 Å². The van der Waals surface area contributed by atoms with E-state index in [1.807, 2.05) is 41.5 Å². The summed E-state index contributed by atoms with van der Waals surface area (Å²) in [5.41, 5.74) is -1.14. The van der Waals surface area contributed by atoms with Crippen LogP contribution in [0.1, 0.15) is 80.1 Å². The molecule has 0 aliphatic rings. The Labute approximate surface area is 159 Å². The van der Waals surface area contributed by atoms with Gasteiger partial charge >= 0.3 is 37.7 Å². The van der Waals surface area contributed by atoms with Crippen LogP contribution in [0.2, 0.25) is 0 Å². The van der Waals surface area contributed by atoms with Crippen LogP contribution in [0.5, 0.6) is 0 Å². The third-order valence-corrected chi connectivity index (χ3v) is 4.93. The number of carbonyl (C=O) groups is 2. The summed E-state index contributed by atoms with van der Waals surface area (Å²) in [5, 5.41) is 21.2. The molecule has 0 N–H and O–H groups in total. The molecule has 0 radical (unpaired) electrons. The van der Waals surface area contributed by atoms with Crippen molar-refractivity contribution in [2.45, 2.75) is 80.1 Å². The summed E-state index contributed by atoms with van der Waals surface area (Å²) in [6, 6.07) is 0. The summed E-state index contributed by atoms with van der Waals surface area (Å²) >= 11 is 0. The minimum Gasteiger partial charge on any atom is -0.550 e. The van der Waals surface area contributed by atoms with E-state index < -0.39 is 22.8 Å². The molecule has 0 spiro atoms. The summed E-state index contributed by atoms with van der Waals surface area (Å²) in [6.07, 6.45) is 4.01. The molecule has 0 aliphatic carbocycles. The molecular weight excluding hydrogens is 296 g/mol. The van der Waals surface area contributed by atoms with Gasteiger partial charge in [0.05, 0.1) is 0 Å². The van der Waals surface area contributed by atoms with E-state index in [4.69, 9.17) is 0 Å². The summed E-state index contributed by atoms with van der Waals surface area (Å²) < 4.78 is 0.